The summed E-state index contributed by atoms with van der Waals surface area (Å²) in [6.45, 7) is 7.13. The number of carbonyl (C=O) groups is 1. The van der Waals surface area contributed by atoms with Gasteiger partial charge in [-0.2, -0.15) is 0 Å². The molecule has 4 rings (SSSR count). The topological polar surface area (TPSA) is 58.6 Å². The summed E-state index contributed by atoms with van der Waals surface area (Å²) in [6, 6.07) is 9.95. The van der Waals surface area contributed by atoms with Crippen LogP contribution >= 0.6 is 11.3 Å². The number of ether oxygens (including phenoxy) is 1. The number of carbonyl (C=O) groups excluding carboxylic acids is 1. The van der Waals surface area contributed by atoms with Gasteiger partial charge in [-0.1, -0.05) is 24.6 Å². The first-order valence-electron chi connectivity index (χ1n) is 9.59. The standard InChI is InChI=1S/C21H24N4O2S/c1-3-17-12-18-20(22-14-23-21(18)28-17)25-10-8-24(9-11-25)19(26)13-27-16-6-4-15(2)5-7-16/h4-7,12,14H,3,8-11,13H2,1-2H3. The SMILES string of the molecule is CCc1cc2c(N3CCN(C(=O)COc4ccc(C)cc4)CC3)ncnc2s1. The lowest BCUT2D eigenvalue weighted by atomic mass is 10.2. The maximum atomic E-state index is 12.5. The zero-order valence-electron chi connectivity index (χ0n) is 16.2. The summed E-state index contributed by atoms with van der Waals surface area (Å²) >= 11 is 1.73. The molecular weight excluding hydrogens is 372 g/mol. The number of fused-ring (bicyclic) bond motifs is 1. The number of rotatable bonds is 5. The van der Waals surface area contributed by atoms with Crippen molar-refractivity contribution in [1.82, 2.24) is 14.9 Å². The smallest absolute Gasteiger partial charge is 0.260 e. The Bertz CT molecular complexity index is 962. The Balaban J connectivity index is 1.36. The molecule has 1 aliphatic heterocycles. The Labute approximate surface area is 168 Å². The van der Waals surface area contributed by atoms with Gasteiger partial charge < -0.3 is 14.5 Å². The molecule has 0 saturated carbocycles. The molecule has 1 saturated heterocycles. The minimum atomic E-state index is 0.0249. The number of nitrogens with zero attached hydrogens (tertiary/aromatic N) is 4. The average Bonchev–Trinajstić information content (AvgIpc) is 3.17. The molecule has 1 fully saturated rings. The molecule has 0 atom stereocenters. The van der Waals surface area contributed by atoms with Gasteiger partial charge in [0.05, 0.1) is 5.39 Å². The second-order valence-corrected chi connectivity index (χ2v) is 8.07. The number of hydrogen-bond donors (Lipinski definition) is 0. The quantitative estimate of drug-likeness (QED) is 0.662. The predicted molar refractivity (Wildman–Crippen MR) is 112 cm³/mol. The lowest BCUT2D eigenvalue weighted by Crippen LogP contribution is -2.50. The Morgan fingerprint density at radius 1 is 1.14 bits per heavy atom. The lowest BCUT2D eigenvalue weighted by Gasteiger charge is -2.35. The van der Waals surface area contributed by atoms with Gasteiger partial charge >= 0.3 is 0 Å². The lowest BCUT2D eigenvalue weighted by molar-refractivity contribution is -0.133. The molecule has 2 aromatic heterocycles. The highest BCUT2D eigenvalue weighted by Crippen LogP contribution is 2.30. The molecule has 3 heterocycles. The zero-order chi connectivity index (χ0) is 19.5. The summed E-state index contributed by atoms with van der Waals surface area (Å²) < 4.78 is 5.64. The van der Waals surface area contributed by atoms with Gasteiger partial charge in [0.1, 0.15) is 22.7 Å². The third-order valence-corrected chi connectivity index (χ3v) is 6.21. The highest BCUT2D eigenvalue weighted by atomic mass is 32.1. The largest absolute Gasteiger partial charge is 0.484 e. The first kappa shape index (κ1) is 18.7. The van der Waals surface area contributed by atoms with E-state index in [4.69, 9.17) is 4.74 Å². The number of aromatic nitrogens is 2. The van der Waals surface area contributed by atoms with Crippen molar-refractivity contribution in [2.45, 2.75) is 20.3 Å². The van der Waals surface area contributed by atoms with Crippen LogP contribution in [0.5, 0.6) is 5.75 Å². The van der Waals surface area contributed by atoms with E-state index in [0.717, 1.165) is 41.3 Å². The molecule has 0 spiro atoms. The number of amides is 1. The summed E-state index contributed by atoms with van der Waals surface area (Å²) in [4.78, 5) is 27.9. The van der Waals surface area contributed by atoms with Crippen molar-refractivity contribution in [3.63, 3.8) is 0 Å². The minimum absolute atomic E-state index is 0.0249. The normalized spacial score (nSPS) is 14.5. The third-order valence-electron chi connectivity index (χ3n) is 5.02. The van der Waals surface area contributed by atoms with Crippen molar-refractivity contribution in [2.75, 3.05) is 37.7 Å². The number of piperazine rings is 1. The molecule has 0 aliphatic carbocycles. The minimum Gasteiger partial charge on any atom is -0.484 e. The summed E-state index contributed by atoms with van der Waals surface area (Å²) in [5.41, 5.74) is 1.17. The summed E-state index contributed by atoms with van der Waals surface area (Å²) in [5, 5.41) is 1.12. The molecule has 1 aromatic carbocycles. The van der Waals surface area contributed by atoms with Crippen molar-refractivity contribution >= 4 is 33.3 Å². The van der Waals surface area contributed by atoms with Crippen LogP contribution in [0.4, 0.5) is 5.82 Å². The van der Waals surface area contributed by atoms with E-state index in [9.17, 15) is 4.79 Å². The maximum absolute atomic E-state index is 12.5. The second kappa shape index (κ2) is 8.14. The Kier molecular flexibility index (Phi) is 5.43. The Morgan fingerprint density at radius 2 is 1.89 bits per heavy atom. The van der Waals surface area contributed by atoms with Gasteiger partial charge in [-0.05, 0) is 31.5 Å². The molecule has 0 unspecified atom stereocenters. The van der Waals surface area contributed by atoms with Crippen LogP contribution in [0.25, 0.3) is 10.2 Å². The number of hydrogen-bond acceptors (Lipinski definition) is 6. The van der Waals surface area contributed by atoms with E-state index < -0.39 is 0 Å². The zero-order valence-corrected chi connectivity index (χ0v) is 17.0. The molecule has 3 aromatic rings. The van der Waals surface area contributed by atoms with Crippen LogP contribution in [0.3, 0.4) is 0 Å². The summed E-state index contributed by atoms with van der Waals surface area (Å²) in [6.07, 6.45) is 2.64. The van der Waals surface area contributed by atoms with Crippen LogP contribution in [0, 0.1) is 6.92 Å². The fourth-order valence-electron chi connectivity index (χ4n) is 3.36. The second-order valence-electron chi connectivity index (χ2n) is 6.95. The molecule has 0 radical (unpaired) electrons. The molecule has 1 amide bonds. The number of thiophene rings is 1. The molecule has 146 valence electrons. The summed E-state index contributed by atoms with van der Waals surface area (Å²) in [5.74, 6) is 1.73. The van der Waals surface area contributed by atoms with E-state index in [1.807, 2.05) is 36.1 Å². The number of benzene rings is 1. The van der Waals surface area contributed by atoms with Crippen molar-refractivity contribution < 1.29 is 9.53 Å². The maximum Gasteiger partial charge on any atom is 0.260 e. The van der Waals surface area contributed by atoms with E-state index >= 15 is 0 Å². The van der Waals surface area contributed by atoms with Crippen molar-refractivity contribution in [3.8, 4) is 5.75 Å². The first-order valence-corrected chi connectivity index (χ1v) is 10.4. The van der Waals surface area contributed by atoms with Gasteiger partial charge in [0.2, 0.25) is 0 Å². The van der Waals surface area contributed by atoms with Crippen molar-refractivity contribution in [3.05, 3.63) is 47.1 Å². The average molecular weight is 397 g/mol. The Morgan fingerprint density at radius 3 is 2.61 bits per heavy atom. The monoisotopic (exact) mass is 396 g/mol. The highest BCUT2D eigenvalue weighted by molar-refractivity contribution is 7.18. The van der Waals surface area contributed by atoms with Crippen LogP contribution in [-0.2, 0) is 11.2 Å². The Hall–Kier alpha value is -2.67. The first-order chi connectivity index (χ1) is 13.6. The van der Waals surface area contributed by atoms with Gasteiger partial charge in [0.25, 0.3) is 5.91 Å². The van der Waals surface area contributed by atoms with Crippen LogP contribution in [0.15, 0.2) is 36.7 Å². The van der Waals surface area contributed by atoms with E-state index in [-0.39, 0.29) is 12.5 Å². The van der Waals surface area contributed by atoms with Crippen LogP contribution in [0.1, 0.15) is 17.4 Å². The van der Waals surface area contributed by atoms with Gasteiger partial charge in [0, 0.05) is 31.1 Å². The summed E-state index contributed by atoms with van der Waals surface area (Å²) in [7, 11) is 0. The molecule has 6 nitrogen and oxygen atoms in total. The van der Waals surface area contributed by atoms with Gasteiger partial charge in [-0.25, -0.2) is 9.97 Å². The predicted octanol–water partition coefficient (Wildman–Crippen LogP) is 3.29. The van der Waals surface area contributed by atoms with Crippen LogP contribution < -0.4 is 9.64 Å². The molecule has 1 aliphatic rings. The van der Waals surface area contributed by atoms with Crippen molar-refractivity contribution in [2.24, 2.45) is 0 Å². The fourth-order valence-corrected chi connectivity index (χ4v) is 4.29. The van der Waals surface area contributed by atoms with Gasteiger partial charge in [0.15, 0.2) is 6.61 Å². The van der Waals surface area contributed by atoms with Gasteiger partial charge in [-0.3, -0.25) is 4.79 Å². The van der Waals surface area contributed by atoms with Gasteiger partial charge in [-0.15, -0.1) is 11.3 Å². The molecule has 0 bridgehead atoms. The highest BCUT2D eigenvalue weighted by Gasteiger charge is 2.24. The molecular formula is C21H24N4O2S. The van der Waals surface area contributed by atoms with Crippen molar-refractivity contribution in [1.29, 1.82) is 0 Å². The number of anilines is 1. The molecule has 0 N–H and O–H groups in total. The van der Waals surface area contributed by atoms with Crippen LogP contribution in [-0.4, -0.2) is 53.6 Å². The van der Waals surface area contributed by atoms with E-state index in [2.05, 4.69) is 27.9 Å². The van der Waals surface area contributed by atoms with Crippen LogP contribution in [0.2, 0.25) is 0 Å². The van der Waals surface area contributed by atoms with E-state index in [1.54, 1.807) is 17.7 Å². The third kappa shape index (κ3) is 3.94. The molecule has 28 heavy (non-hydrogen) atoms. The molecule has 7 heteroatoms. The van der Waals surface area contributed by atoms with E-state index in [0.29, 0.717) is 13.1 Å². The number of aryl methyl sites for hydroxylation is 2. The fraction of sp³-hybridized carbons (Fsp3) is 0.381. The van der Waals surface area contributed by atoms with E-state index in [1.165, 1.54) is 10.4 Å².